The lowest BCUT2D eigenvalue weighted by Crippen LogP contribution is -2.57. The fourth-order valence-corrected chi connectivity index (χ4v) is 2.66. The van der Waals surface area contributed by atoms with Gasteiger partial charge in [-0.05, 0) is 18.9 Å². The molecular formula is C19H27N3O6. The second-order valence-corrected chi connectivity index (χ2v) is 6.94. The van der Waals surface area contributed by atoms with E-state index in [9.17, 15) is 14.4 Å². The number of carbonyl (C=O) groups excluding carboxylic acids is 3. The molecule has 0 aromatic heterocycles. The van der Waals surface area contributed by atoms with Gasteiger partial charge in [-0.3, -0.25) is 14.4 Å². The molecule has 1 aromatic rings. The molecule has 1 aromatic carbocycles. The van der Waals surface area contributed by atoms with Crippen molar-refractivity contribution in [1.82, 2.24) is 10.6 Å². The molecule has 1 saturated heterocycles. The van der Waals surface area contributed by atoms with Crippen molar-refractivity contribution in [3.8, 4) is 0 Å². The molecule has 5 N–H and O–H groups in total. The Balaban J connectivity index is 2.12. The highest BCUT2D eigenvalue weighted by molar-refractivity contribution is 5.98. The lowest BCUT2D eigenvalue weighted by atomic mass is 9.94. The molecule has 9 nitrogen and oxygen atoms in total. The molecule has 4 atom stereocenters. The van der Waals surface area contributed by atoms with Gasteiger partial charge in [0.15, 0.2) is 5.78 Å². The van der Waals surface area contributed by atoms with Crippen molar-refractivity contribution in [3.63, 3.8) is 0 Å². The molecule has 1 heterocycles. The summed E-state index contributed by atoms with van der Waals surface area (Å²) in [4.78, 5) is 37.5. The zero-order valence-electron chi connectivity index (χ0n) is 16.0. The van der Waals surface area contributed by atoms with Crippen LogP contribution < -0.4 is 16.4 Å². The van der Waals surface area contributed by atoms with Crippen molar-refractivity contribution in [2.24, 2.45) is 5.73 Å². The first-order valence-corrected chi connectivity index (χ1v) is 8.99. The van der Waals surface area contributed by atoms with Crippen molar-refractivity contribution < 1.29 is 29.0 Å². The Morgan fingerprint density at radius 2 is 1.82 bits per heavy atom. The van der Waals surface area contributed by atoms with Crippen LogP contribution in [0, 0.1) is 0 Å². The third-order valence-electron chi connectivity index (χ3n) is 4.51. The highest BCUT2D eigenvalue weighted by Gasteiger charge is 2.50. The Bertz CT molecular complexity index is 692. The van der Waals surface area contributed by atoms with Crippen molar-refractivity contribution >= 4 is 17.6 Å². The van der Waals surface area contributed by atoms with Crippen LogP contribution in [0.5, 0.6) is 0 Å². The Labute approximate surface area is 163 Å². The maximum atomic E-state index is 12.8. The number of ketones is 1. The molecule has 2 rings (SSSR count). The predicted molar refractivity (Wildman–Crippen MR) is 100 cm³/mol. The van der Waals surface area contributed by atoms with Crippen molar-refractivity contribution in [2.75, 3.05) is 26.9 Å². The van der Waals surface area contributed by atoms with Crippen molar-refractivity contribution in [2.45, 2.75) is 37.1 Å². The van der Waals surface area contributed by atoms with E-state index in [1.165, 1.54) is 7.11 Å². The molecule has 0 saturated carbocycles. The summed E-state index contributed by atoms with van der Waals surface area (Å²) in [6, 6.07) is 6.22. The van der Waals surface area contributed by atoms with E-state index in [2.05, 4.69) is 10.6 Å². The van der Waals surface area contributed by atoms with Crippen LogP contribution in [0.15, 0.2) is 30.3 Å². The standard InChI is InChI=1S/C19H27N3O6/c1-19(11-28-19)16(24)14(8-12-6-4-3-5-7-12)21-18(26)15(10-27-2)22-17(25)13(20)9-23/h3-7,13-15,23H,8-11,20H2,1-2H3,(H,21,26)(H,22,25)/t13-,14-,15-,19+/m0/s1. The van der Waals surface area contributed by atoms with Crippen molar-refractivity contribution in [1.29, 1.82) is 0 Å². The minimum atomic E-state index is -1.16. The van der Waals surface area contributed by atoms with E-state index in [4.69, 9.17) is 20.3 Å². The minimum Gasteiger partial charge on any atom is -0.394 e. The summed E-state index contributed by atoms with van der Waals surface area (Å²) in [5.74, 6) is -1.51. The molecule has 0 radical (unpaired) electrons. The Morgan fingerprint density at radius 1 is 1.21 bits per heavy atom. The highest BCUT2D eigenvalue weighted by Crippen LogP contribution is 2.29. The van der Waals surface area contributed by atoms with Gasteiger partial charge in [-0.1, -0.05) is 30.3 Å². The van der Waals surface area contributed by atoms with E-state index in [-0.39, 0.29) is 18.8 Å². The van der Waals surface area contributed by atoms with Gasteiger partial charge in [0.25, 0.3) is 0 Å². The molecule has 9 heteroatoms. The van der Waals surface area contributed by atoms with E-state index < -0.39 is 42.1 Å². The van der Waals surface area contributed by atoms with Crippen LogP contribution in [0.25, 0.3) is 0 Å². The largest absolute Gasteiger partial charge is 0.394 e. The maximum absolute atomic E-state index is 12.8. The summed E-state index contributed by atoms with van der Waals surface area (Å²) in [7, 11) is 1.38. The van der Waals surface area contributed by atoms with Gasteiger partial charge in [0.2, 0.25) is 11.8 Å². The summed E-state index contributed by atoms with van der Waals surface area (Å²) in [6.45, 7) is 1.30. The molecule has 0 aliphatic carbocycles. The summed E-state index contributed by atoms with van der Waals surface area (Å²) < 4.78 is 10.2. The number of benzene rings is 1. The van der Waals surface area contributed by atoms with Gasteiger partial charge < -0.3 is 30.9 Å². The number of hydrogen-bond donors (Lipinski definition) is 4. The number of aliphatic hydroxyl groups excluding tert-OH is 1. The topological polar surface area (TPSA) is 143 Å². The van der Waals surface area contributed by atoms with Gasteiger partial charge in [0, 0.05) is 7.11 Å². The van der Waals surface area contributed by atoms with Crippen molar-refractivity contribution in [3.05, 3.63) is 35.9 Å². The number of aliphatic hydroxyl groups is 1. The van der Waals surface area contributed by atoms with E-state index in [0.29, 0.717) is 6.61 Å². The first kappa shape index (κ1) is 22.0. The van der Waals surface area contributed by atoms with Crippen LogP contribution in [-0.4, -0.2) is 73.4 Å². The average Bonchev–Trinajstić information content (AvgIpc) is 3.45. The third-order valence-corrected chi connectivity index (χ3v) is 4.51. The second kappa shape index (κ2) is 9.74. The Morgan fingerprint density at radius 3 is 2.36 bits per heavy atom. The van der Waals surface area contributed by atoms with Gasteiger partial charge in [0.1, 0.15) is 17.7 Å². The highest BCUT2D eigenvalue weighted by atomic mass is 16.6. The molecule has 0 bridgehead atoms. The second-order valence-electron chi connectivity index (χ2n) is 6.94. The summed E-state index contributed by atoms with van der Waals surface area (Å²) >= 11 is 0. The van der Waals surface area contributed by atoms with E-state index in [0.717, 1.165) is 5.56 Å². The zero-order valence-corrected chi connectivity index (χ0v) is 16.0. The molecule has 1 fully saturated rings. The molecular weight excluding hydrogens is 366 g/mol. The smallest absolute Gasteiger partial charge is 0.245 e. The molecule has 1 aliphatic rings. The summed E-state index contributed by atoms with van der Waals surface area (Å²) in [6.07, 6.45) is 0.286. The number of nitrogens with two attached hydrogens (primary N) is 1. The minimum absolute atomic E-state index is 0.115. The fraction of sp³-hybridized carbons (Fsp3) is 0.526. The van der Waals surface area contributed by atoms with E-state index in [1.807, 2.05) is 30.3 Å². The molecule has 2 amide bonds. The van der Waals surface area contributed by atoms with Gasteiger partial charge >= 0.3 is 0 Å². The fourth-order valence-electron chi connectivity index (χ4n) is 2.66. The number of nitrogens with one attached hydrogen (secondary N) is 2. The number of amides is 2. The average molecular weight is 393 g/mol. The molecule has 28 heavy (non-hydrogen) atoms. The number of ether oxygens (including phenoxy) is 2. The first-order valence-electron chi connectivity index (χ1n) is 8.99. The lowest BCUT2D eigenvalue weighted by Gasteiger charge is -2.24. The number of methoxy groups -OCH3 is 1. The monoisotopic (exact) mass is 393 g/mol. The van der Waals surface area contributed by atoms with Gasteiger partial charge in [0.05, 0.1) is 25.9 Å². The van der Waals surface area contributed by atoms with Gasteiger partial charge in [-0.2, -0.15) is 0 Å². The quantitative estimate of drug-likeness (QED) is 0.336. The van der Waals surface area contributed by atoms with Crippen LogP contribution in [0.4, 0.5) is 0 Å². The SMILES string of the molecule is COC[C@H](NC(=O)[C@@H](N)CO)C(=O)N[C@@H](Cc1ccccc1)C(=O)[C@@]1(C)CO1. The lowest BCUT2D eigenvalue weighted by molar-refractivity contribution is -0.134. The molecule has 1 aliphatic heterocycles. The Kier molecular flexibility index (Phi) is 7.64. The van der Waals surface area contributed by atoms with Crippen LogP contribution in [0.3, 0.4) is 0 Å². The van der Waals surface area contributed by atoms with Crippen LogP contribution >= 0.6 is 0 Å². The summed E-state index contributed by atoms with van der Waals surface area (Å²) in [5, 5.41) is 14.1. The molecule has 154 valence electrons. The number of hydrogen-bond acceptors (Lipinski definition) is 7. The predicted octanol–water partition coefficient (Wildman–Crippen LogP) is -1.48. The Hall–Kier alpha value is -2.33. The molecule has 0 unspecified atom stereocenters. The summed E-state index contributed by atoms with van der Waals surface area (Å²) in [5.41, 5.74) is 5.44. The third kappa shape index (κ3) is 5.83. The normalized spacial score (nSPS) is 21.3. The number of epoxide rings is 1. The zero-order chi connectivity index (χ0) is 20.7. The number of carbonyl (C=O) groups is 3. The molecule has 0 spiro atoms. The first-order chi connectivity index (χ1) is 13.3. The van der Waals surface area contributed by atoms with E-state index in [1.54, 1.807) is 6.92 Å². The maximum Gasteiger partial charge on any atom is 0.245 e. The number of rotatable bonds is 11. The van der Waals surface area contributed by atoms with Gasteiger partial charge in [-0.25, -0.2) is 0 Å². The van der Waals surface area contributed by atoms with Crippen LogP contribution in [0.2, 0.25) is 0 Å². The van der Waals surface area contributed by atoms with E-state index >= 15 is 0 Å². The number of Topliss-reactive ketones (excluding diaryl/α,β-unsaturated/α-hetero) is 1. The van der Waals surface area contributed by atoms with Crippen LogP contribution in [-0.2, 0) is 30.3 Å². The van der Waals surface area contributed by atoms with Crippen LogP contribution in [0.1, 0.15) is 12.5 Å². The van der Waals surface area contributed by atoms with Gasteiger partial charge in [-0.15, -0.1) is 0 Å².